The molecular weight excluding hydrogens is 198 g/mol. The zero-order valence-corrected chi connectivity index (χ0v) is 11.0. The predicted molar refractivity (Wildman–Crippen MR) is 70.5 cm³/mol. The molecule has 0 bridgehead atoms. The van der Waals surface area contributed by atoms with Crippen LogP contribution < -0.4 is 11.1 Å². The topological polar surface area (TPSA) is 41.3 Å². The van der Waals surface area contributed by atoms with E-state index in [1.165, 1.54) is 38.9 Å². The molecule has 1 unspecified atom stereocenters. The maximum atomic E-state index is 5.74. The average Bonchev–Trinajstić information content (AvgIpc) is 2.75. The highest BCUT2D eigenvalue weighted by molar-refractivity contribution is 4.68. The lowest BCUT2D eigenvalue weighted by Gasteiger charge is -2.20. The van der Waals surface area contributed by atoms with Gasteiger partial charge in [0.05, 0.1) is 0 Å². The van der Waals surface area contributed by atoms with E-state index in [0.717, 1.165) is 19.6 Å². The third-order valence-electron chi connectivity index (χ3n) is 3.68. The molecule has 1 heterocycles. The van der Waals surface area contributed by atoms with Gasteiger partial charge < -0.3 is 16.0 Å². The summed E-state index contributed by atoms with van der Waals surface area (Å²) in [6.45, 7) is 11.4. The van der Waals surface area contributed by atoms with Crippen molar-refractivity contribution in [3.63, 3.8) is 0 Å². The lowest BCUT2D eigenvalue weighted by molar-refractivity contribution is 0.322. The van der Waals surface area contributed by atoms with E-state index in [9.17, 15) is 0 Å². The second-order valence-electron chi connectivity index (χ2n) is 5.35. The van der Waals surface area contributed by atoms with Crippen molar-refractivity contribution in [3.05, 3.63) is 0 Å². The molecule has 0 aromatic carbocycles. The molecule has 3 nitrogen and oxygen atoms in total. The number of nitrogens with two attached hydrogens (primary N) is 1. The van der Waals surface area contributed by atoms with Crippen LogP contribution in [-0.4, -0.2) is 44.2 Å². The molecule has 16 heavy (non-hydrogen) atoms. The SMILES string of the molecule is CC(C)C(CN)CNCCCN1CCCC1. The Balaban J connectivity index is 1.94. The van der Waals surface area contributed by atoms with Gasteiger partial charge in [0, 0.05) is 0 Å². The van der Waals surface area contributed by atoms with Gasteiger partial charge in [-0.2, -0.15) is 0 Å². The molecular formula is C13H29N3. The largest absolute Gasteiger partial charge is 0.330 e. The van der Waals surface area contributed by atoms with Gasteiger partial charge in [-0.3, -0.25) is 0 Å². The smallest absolute Gasteiger partial charge is 0.000600 e. The minimum atomic E-state index is 0.631. The Morgan fingerprint density at radius 1 is 1.25 bits per heavy atom. The van der Waals surface area contributed by atoms with Crippen LogP contribution in [0.1, 0.15) is 33.1 Å². The van der Waals surface area contributed by atoms with Crippen LogP contribution in [0.3, 0.4) is 0 Å². The van der Waals surface area contributed by atoms with Gasteiger partial charge in [0.15, 0.2) is 0 Å². The minimum Gasteiger partial charge on any atom is -0.330 e. The number of hydrogen-bond donors (Lipinski definition) is 2. The Bertz CT molecular complexity index is 165. The second-order valence-corrected chi connectivity index (χ2v) is 5.35. The molecule has 1 rings (SSSR count). The van der Waals surface area contributed by atoms with Crippen molar-refractivity contribution in [1.29, 1.82) is 0 Å². The quantitative estimate of drug-likeness (QED) is 0.614. The van der Waals surface area contributed by atoms with Crippen molar-refractivity contribution in [2.45, 2.75) is 33.1 Å². The van der Waals surface area contributed by atoms with E-state index >= 15 is 0 Å². The maximum Gasteiger partial charge on any atom is -0.000600 e. The lowest BCUT2D eigenvalue weighted by atomic mass is 9.96. The summed E-state index contributed by atoms with van der Waals surface area (Å²) >= 11 is 0. The fourth-order valence-corrected chi connectivity index (χ4v) is 2.31. The summed E-state index contributed by atoms with van der Waals surface area (Å²) in [7, 11) is 0. The van der Waals surface area contributed by atoms with Crippen molar-refractivity contribution >= 4 is 0 Å². The van der Waals surface area contributed by atoms with Crippen LogP contribution in [0.15, 0.2) is 0 Å². The molecule has 3 heteroatoms. The molecule has 1 atom stereocenters. The van der Waals surface area contributed by atoms with E-state index in [4.69, 9.17) is 5.73 Å². The summed E-state index contributed by atoms with van der Waals surface area (Å²) in [6.07, 6.45) is 4.07. The molecule has 0 aromatic heterocycles. The van der Waals surface area contributed by atoms with E-state index in [1.807, 2.05) is 0 Å². The molecule has 0 radical (unpaired) electrons. The normalized spacial score (nSPS) is 19.5. The highest BCUT2D eigenvalue weighted by atomic mass is 15.1. The highest BCUT2D eigenvalue weighted by Gasteiger charge is 2.12. The summed E-state index contributed by atoms with van der Waals surface area (Å²) in [6, 6.07) is 0. The fourth-order valence-electron chi connectivity index (χ4n) is 2.31. The third kappa shape index (κ3) is 5.28. The van der Waals surface area contributed by atoms with Gasteiger partial charge in [-0.1, -0.05) is 13.8 Å². The van der Waals surface area contributed by atoms with Gasteiger partial charge in [-0.05, 0) is 70.4 Å². The summed E-state index contributed by atoms with van der Waals surface area (Å²) in [5.74, 6) is 1.32. The molecule has 1 aliphatic heterocycles. The summed E-state index contributed by atoms with van der Waals surface area (Å²) in [5, 5.41) is 3.54. The van der Waals surface area contributed by atoms with Crippen molar-refractivity contribution in [2.75, 3.05) is 39.3 Å². The average molecular weight is 227 g/mol. The van der Waals surface area contributed by atoms with Gasteiger partial charge in [-0.15, -0.1) is 0 Å². The molecule has 1 aliphatic rings. The highest BCUT2D eigenvalue weighted by Crippen LogP contribution is 2.08. The van der Waals surface area contributed by atoms with E-state index in [2.05, 4.69) is 24.1 Å². The van der Waals surface area contributed by atoms with Crippen LogP contribution in [0.2, 0.25) is 0 Å². The predicted octanol–water partition coefficient (Wildman–Crippen LogP) is 1.29. The van der Waals surface area contributed by atoms with Gasteiger partial charge in [0.25, 0.3) is 0 Å². The molecule has 96 valence electrons. The van der Waals surface area contributed by atoms with Crippen LogP contribution in [0, 0.1) is 11.8 Å². The Morgan fingerprint density at radius 3 is 2.50 bits per heavy atom. The lowest BCUT2D eigenvalue weighted by Crippen LogP contribution is -2.33. The number of rotatable bonds is 8. The first-order valence-corrected chi connectivity index (χ1v) is 6.87. The molecule has 0 aromatic rings. The van der Waals surface area contributed by atoms with Gasteiger partial charge in [0.1, 0.15) is 0 Å². The van der Waals surface area contributed by atoms with Gasteiger partial charge in [0.2, 0.25) is 0 Å². The van der Waals surface area contributed by atoms with Crippen LogP contribution >= 0.6 is 0 Å². The Kier molecular flexibility index (Phi) is 7.01. The first kappa shape index (κ1) is 13.9. The molecule has 0 saturated carbocycles. The van der Waals surface area contributed by atoms with Gasteiger partial charge in [-0.25, -0.2) is 0 Å². The van der Waals surface area contributed by atoms with Crippen molar-refractivity contribution < 1.29 is 0 Å². The first-order chi connectivity index (χ1) is 7.74. The van der Waals surface area contributed by atoms with Crippen molar-refractivity contribution in [2.24, 2.45) is 17.6 Å². The van der Waals surface area contributed by atoms with Crippen molar-refractivity contribution in [3.8, 4) is 0 Å². The minimum absolute atomic E-state index is 0.631. The fraction of sp³-hybridized carbons (Fsp3) is 1.00. The summed E-state index contributed by atoms with van der Waals surface area (Å²) in [5.41, 5.74) is 5.74. The van der Waals surface area contributed by atoms with E-state index < -0.39 is 0 Å². The molecule has 0 spiro atoms. The van der Waals surface area contributed by atoms with E-state index in [0.29, 0.717) is 11.8 Å². The molecule has 0 aliphatic carbocycles. The van der Waals surface area contributed by atoms with Crippen LogP contribution in [0.5, 0.6) is 0 Å². The van der Waals surface area contributed by atoms with E-state index in [-0.39, 0.29) is 0 Å². The van der Waals surface area contributed by atoms with E-state index in [1.54, 1.807) is 0 Å². The standard InChI is InChI=1S/C13H29N3/c1-12(2)13(10-14)11-15-6-5-9-16-7-3-4-8-16/h12-13,15H,3-11,14H2,1-2H3. The van der Waals surface area contributed by atoms with Crippen molar-refractivity contribution in [1.82, 2.24) is 10.2 Å². The maximum absolute atomic E-state index is 5.74. The molecule has 0 amide bonds. The van der Waals surface area contributed by atoms with Gasteiger partial charge >= 0.3 is 0 Å². The monoisotopic (exact) mass is 227 g/mol. The Hall–Kier alpha value is -0.120. The van der Waals surface area contributed by atoms with Crippen LogP contribution in [0.4, 0.5) is 0 Å². The summed E-state index contributed by atoms with van der Waals surface area (Å²) in [4.78, 5) is 2.57. The van der Waals surface area contributed by atoms with Crippen LogP contribution in [0.25, 0.3) is 0 Å². The summed E-state index contributed by atoms with van der Waals surface area (Å²) < 4.78 is 0. The third-order valence-corrected chi connectivity index (χ3v) is 3.68. The Labute approximate surface area is 101 Å². The zero-order chi connectivity index (χ0) is 11.8. The second kappa shape index (κ2) is 8.04. The number of likely N-dealkylation sites (tertiary alicyclic amines) is 1. The molecule has 1 saturated heterocycles. The number of hydrogen-bond acceptors (Lipinski definition) is 3. The zero-order valence-electron chi connectivity index (χ0n) is 11.0. The first-order valence-electron chi connectivity index (χ1n) is 6.87. The number of nitrogens with zero attached hydrogens (tertiary/aromatic N) is 1. The molecule has 3 N–H and O–H groups in total. The van der Waals surface area contributed by atoms with Crippen LogP contribution in [-0.2, 0) is 0 Å². The molecule has 1 fully saturated rings. The Morgan fingerprint density at radius 2 is 1.94 bits per heavy atom. The number of nitrogens with one attached hydrogen (secondary N) is 1.